The summed E-state index contributed by atoms with van der Waals surface area (Å²) in [6, 6.07) is 19.2. The number of rotatable bonds is 7. The molecule has 0 bridgehead atoms. The van der Waals surface area contributed by atoms with E-state index in [-0.39, 0.29) is 5.91 Å². The van der Waals surface area contributed by atoms with Crippen molar-refractivity contribution in [2.45, 2.75) is 13.3 Å². The van der Waals surface area contributed by atoms with E-state index in [1.165, 1.54) is 5.56 Å². The third-order valence-corrected chi connectivity index (χ3v) is 4.30. The lowest BCUT2D eigenvalue weighted by Crippen LogP contribution is -2.14. The molecule has 5 nitrogen and oxygen atoms in total. The number of ether oxygens (including phenoxy) is 1. The molecule has 0 unspecified atom stereocenters. The van der Waals surface area contributed by atoms with E-state index in [1.807, 2.05) is 43.3 Å². The Kier molecular flexibility index (Phi) is 6.05. The number of benzene rings is 2. The molecule has 0 aliphatic rings. The second kappa shape index (κ2) is 8.85. The van der Waals surface area contributed by atoms with E-state index in [9.17, 15) is 4.79 Å². The number of aromatic nitrogens is 1. The van der Waals surface area contributed by atoms with Crippen LogP contribution >= 0.6 is 0 Å². The normalized spacial score (nSPS) is 10.3. The van der Waals surface area contributed by atoms with Gasteiger partial charge in [-0.05, 0) is 54.8 Å². The molecule has 0 atom stereocenters. The lowest BCUT2D eigenvalue weighted by Gasteiger charge is -2.09. The maximum Gasteiger partial charge on any atom is 0.257 e. The molecular weight excluding hydrogens is 338 g/mol. The number of methoxy groups -OCH3 is 1. The van der Waals surface area contributed by atoms with Crippen molar-refractivity contribution in [2.24, 2.45) is 0 Å². The molecule has 0 radical (unpaired) electrons. The van der Waals surface area contributed by atoms with Gasteiger partial charge in [0.25, 0.3) is 5.91 Å². The van der Waals surface area contributed by atoms with Crippen LogP contribution in [-0.4, -0.2) is 24.5 Å². The summed E-state index contributed by atoms with van der Waals surface area (Å²) in [5.74, 6) is 1.24. The molecule has 1 amide bonds. The summed E-state index contributed by atoms with van der Waals surface area (Å²) in [6.07, 6.45) is 2.62. The summed E-state index contributed by atoms with van der Waals surface area (Å²) >= 11 is 0. The molecule has 0 aliphatic heterocycles. The monoisotopic (exact) mass is 361 g/mol. The summed E-state index contributed by atoms with van der Waals surface area (Å²) in [4.78, 5) is 16.6. The van der Waals surface area contributed by atoms with Crippen molar-refractivity contribution in [2.75, 3.05) is 24.3 Å². The highest BCUT2D eigenvalue weighted by atomic mass is 16.5. The molecule has 0 fully saturated rings. The number of hydrogen-bond donors (Lipinski definition) is 2. The first-order chi connectivity index (χ1) is 13.2. The lowest BCUT2D eigenvalue weighted by molar-refractivity contribution is 0.102. The largest absolute Gasteiger partial charge is 0.497 e. The summed E-state index contributed by atoms with van der Waals surface area (Å²) in [6.45, 7) is 2.71. The molecule has 0 aliphatic carbocycles. The van der Waals surface area contributed by atoms with Gasteiger partial charge in [0.1, 0.15) is 11.6 Å². The highest BCUT2D eigenvalue weighted by molar-refractivity contribution is 6.04. The number of carbonyl (C=O) groups excluding carboxylic acids is 1. The first-order valence-electron chi connectivity index (χ1n) is 8.85. The number of anilines is 2. The minimum Gasteiger partial charge on any atom is -0.497 e. The molecule has 0 spiro atoms. The Morgan fingerprint density at radius 3 is 2.48 bits per heavy atom. The molecular formula is C22H23N3O2. The van der Waals surface area contributed by atoms with Gasteiger partial charge in [0.05, 0.1) is 19.0 Å². The van der Waals surface area contributed by atoms with Crippen LogP contribution in [0.3, 0.4) is 0 Å². The van der Waals surface area contributed by atoms with Gasteiger partial charge in [-0.3, -0.25) is 4.79 Å². The van der Waals surface area contributed by atoms with Crippen LogP contribution in [0.25, 0.3) is 0 Å². The first-order valence-corrected chi connectivity index (χ1v) is 8.85. The van der Waals surface area contributed by atoms with Crippen LogP contribution in [0, 0.1) is 6.92 Å². The molecule has 27 heavy (non-hydrogen) atoms. The molecule has 0 saturated heterocycles. The maximum absolute atomic E-state index is 12.3. The maximum atomic E-state index is 12.3. The van der Waals surface area contributed by atoms with Crippen molar-refractivity contribution in [3.05, 3.63) is 83.6 Å². The Morgan fingerprint density at radius 2 is 1.81 bits per heavy atom. The number of nitrogens with one attached hydrogen (secondary N) is 2. The van der Waals surface area contributed by atoms with Gasteiger partial charge in [-0.25, -0.2) is 4.98 Å². The quantitative estimate of drug-likeness (QED) is 0.658. The Labute approximate surface area is 159 Å². The standard InChI is InChI=1S/C22H23N3O2/c1-16-5-3-4-6-20(16)22(26)25-21-12-9-18(15-24-21)23-14-13-17-7-10-19(27-2)11-8-17/h3-12,15,23H,13-14H2,1-2H3,(H,24,25,26). The van der Waals surface area contributed by atoms with Gasteiger partial charge in [0, 0.05) is 12.1 Å². The lowest BCUT2D eigenvalue weighted by atomic mass is 10.1. The van der Waals surface area contributed by atoms with Crippen LogP contribution in [0.2, 0.25) is 0 Å². The van der Waals surface area contributed by atoms with Gasteiger partial charge in [0.2, 0.25) is 0 Å². The summed E-state index contributed by atoms with van der Waals surface area (Å²) in [5, 5.41) is 6.17. The summed E-state index contributed by atoms with van der Waals surface area (Å²) in [7, 11) is 1.66. The Bertz CT molecular complexity index is 890. The molecule has 0 saturated carbocycles. The van der Waals surface area contributed by atoms with Gasteiger partial charge in [-0.1, -0.05) is 30.3 Å². The van der Waals surface area contributed by atoms with E-state index >= 15 is 0 Å². The summed E-state index contributed by atoms with van der Waals surface area (Å²) in [5.41, 5.74) is 3.74. The fraction of sp³-hybridized carbons (Fsp3) is 0.182. The highest BCUT2D eigenvalue weighted by Crippen LogP contribution is 2.14. The average molecular weight is 361 g/mol. The third-order valence-electron chi connectivity index (χ3n) is 4.30. The minimum atomic E-state index is -0.152. The van der Waals surface area contributed by atoms with E-state index in [2.05, 4.69) is 27.8 Å². The van der Waals surface area contributed by atoms with Gasteiger partial charge < -0.3 is 15.4 Å². The number of pyridine rings is 1. The van der Waals surface area contributed by atoms with Crippen molar-refractivity contribution in [1.82, 2.24) is 4.98 Å². The number of aryl methyl sites for hydroxylation is 1. The SMILES string of the molecule is COc1ccc(CCNc2ccc(NC(=O)c3ccccc3C)nc2)cc1. The molecule has 2 N–H and O–H groups in total. The van der Waals surface area contributed by atoms with E-state index in [4.69, 9.17) is 4.74 Å². The zero-order chi connectivity index (χ0) is 19.1. The Balaban J connectivity index is 1.51. The number of carbonyl (C=O) groups is 1. The number of nitrogens with zero attached hydrogens (tertiary/aromatic N) is 1. The highest BCUT2D eigenvalue weighted by Gasteiger charge is 2.09. The van der Waals surface area contributed by atoms with Crippen LogP contribution in [-0.2, 0) is 6.42 Å². The van der Waals surface area contributed by atoms with Gasteiger partial charge in [-0.15, -0.1) is 0 Å². The third kappa shape index (κ3) is 5.07. The van der Waals surface area contributed by atoms with Gasteiger partial charge in [0.15, 0.2) is 0 Å². The van der Waals surface area contributed by atoms with E-state index in [0.717, 1.165) is 30.0 Å². The smallest absolute Gasteiger partial charge is 0.257 e. The van der Waals surface area contributed by atoms with Crippen LogP contribution in [0.15, 0.2) is 66.9 Å². The topological polar surface area (TPSA) is 63.2 Å². The van der Waals surface area contributed by atoms with Crippen molar-refractivity contribution in [1.29, 1.82) is 0 Å². The Morgan fingerprint density at radius 1 is 1.04 bits per heavy atom. The van der Waals surface area contributed by atoms with Crippen LogP contribution < -0.4 is 15.4 Å². The van der Waals surface area contributed by atoms with Crippen molar-refractivity contribution < 1.29 is 9.53 Å². The van der Waals surface area contributed by atoms with E-state index in [0.29, 0.717) is 11.4 Å². The summed E-state index contributed by atoms with van der Waals surface area (Å²) < 4.78 is 5.16. The molecule has 1 aromatic heterocycles. The molecule has 3 rings (SSSR count). The molecule has 2 aromatic carbocycles. The predicted octanol–water partition coefficient (Wildman–Crippen LogP) is 4.31. The van der Waals surface area contributed by atoms with Crippen molar-refractivity contribution in [3.63, 3.8) is 0 Å². The van der Waals surface area contributed by atoms with Gasteiger partial charge in [-0.2, -0.15) is 0 Å². The van der Waals surface area contributed by atoms with E-state index < -0.39 is 0 Å². The zero-order valence-corrected chi connectivity index (χ0v) is 15.5. The van der Waals surface area contributed by atoms with Crippen LogP contribution in [0.5, 0.6) is 5.75 Å². The molecule has 1 heterocycles. The second-order valence-corrected chi connectivity index (χ2v) is 6.23. The zero-order valence-electron chi connectivity index (χ0n) is 15.5. The van der Waals surface area contributed by atoms with Crippen molar-refractivity contribution in [3.8, 4) is 5.75 Å². The number of hydrogen-bond acceptors (Lipinski definition) is 4. The minimum absolute atomic E-state index is 0.152. The average Bonchev–Trinajstić information content (AvgIpc) is 2.70. The van der Waals surface area contributed by atoms with E-state index in [1.54, 1.807) is 25.4 Å². The van der Waals surface area contributed by atoms with Crippen molar-refractivity contribution >= 4 is 17.4 Å². The fourth-order valence-electron chi connectivity index (χ4n) is 2.73. The first kappa shape index (κ1) is 18.5. The molecule has 3 aromatic rings. The fourth-order valence-corrected chi connectivity index (χ4v) is 2.73. The van der Waals surface area contributed by atoms with Crippen LogP contribution in [0.4, 0.5) is 11.5 Å². The van der Waals surface area contributed by atoms with Crippen LogP contribution in [0.1, 0.15) is 21.5 Å². The predicted molar refractivity (Wildman–Crippen MR) is 109 cm³/mol. The Hall–Kier alpha value is -3.34. The second-order valence-electron chi connectivity index (χ2n) is 6.23. The molecule has 138 valence electrons. The number of amides is 1. The van der Waals surface area contributed by atoms with Gasteiger partial charge >= 0.3 is 0 Å². The molecule has 5 heteroatoms.